The van der Waals surface area contributed by atoms with Crippen LogP contribution in [0, 0.1) is 0 Å². The summed E-state index contributed by atoms with van der Waals surface area (Å²) in [5.41, 5.74) is 0.878. The molecule has 0 aliphatic rings. The van der Waals surface area contributed by atoms with Crippen molar-refractivity contribution in [1.29, 1.82) is 0 Å². The van der Waals surface area contributed by atoms with Gasteiger partial charge in [-0.3, -0.25) is 0 Å². The zero-order valence-corrected chi connectivity index (χ0v) is 15.0. The van der Waals surface area contributed by atoms with E-state index in [4.69, 9.17) is 11.6 Å². The summed E-state index contributed by atoms with van der Waals surface area (Å²) < 4.78 is 28.0. The van der Waals surface area contributed by atoms with Gasteiger partial charge in [0.1, 0.15) is 9.90 Å². The third-order valence-electron chi connectivity index (χ3n) is 3.71. The van der Waals surface area contributed by atoms with E-state index >= 15 is 0 Å². The van der Waals surface area contributed by atoms with E-state index in [1.54, 1.807) is 25.2 Å². The van der Waals surface area contributed by atoms with Crippen molar-refractivity contribution >= 4 is 43.2 Å². The molecule has 4 nitrogen and oxygen atoms in total. The molecule has 0 bridgehead atoms. The van der Waals surface area contributed by atoms with E-state index in [0.29, 0.717) is 0 Å². The first-order chi connectivity index (χ1) is 10.9. The molecule has 0 unspecified atom stereocenters. The van der Waals surface area contributed by atoms with Crippen LogP contribution in [-0.4, -0.2) is 24.8 Å². The number of sulfonamides is 1. The lowest BCUT2D eigenvalue weighted by molar-refractivity contribution is 0.398. The van der Waals surface area contributed by atoms with Gasteiger partial charge in [-0.2, -0.15) is 4.31 Å². The largest absolute Gasteiger partial charge is 0.244 e. The molecule has 0 spiro atoms. The number of hydrogen-bond donors (Lipinski definition) is 0. The average Bonchev–Trinajstić information content (AvgIpc) is 2.97. The molecule has 2 aromatic carbocycles. The van der Waals surface area contributed by atoms with Crippen molar-refractivity contribution in [2.45, 2.75) is 17.9 Å². The molecule has 0 aliphatic carbocycles. The minimum Gasteiger partial charge on any atom is -0.239 e. The molecule has 7 heteroatoms. The number of hydrogen-bond acceptors (Lipinski definition) is 4. The van der Waals surface area contributed by atoms with Crippen molar-refractivity contribution in [3.8, 4) is 0 Å². The Bertz CT molecular complexity index is 920. The van der Waals surface area contributed by atoms with E-state index in [1.807, 2.05) is 31.2 Å². The molecule has 120 valence electrons. The van der Waals surface area contributed by atoms with Gasteiger partial charge in [-0.1, -0.05) is 35.9 Å². The van der Waals surface area contributed by atoms with Gasteiger partial charge < -0.3 is 0 Å². The lowest BCUT2D eigenvalue weighted by Crippen LogP contribution is -2.30. The first kappa shape index (κ1) is 16.4. The Balaban J connectivity index is 1.98. The number of nitrogens with zero attached hydrogens (tertiary/aromatic N) is 2. The maximum atomic E-state index is 12.8. The fraction of sp³-hybridized carbons (Fsp3) is 0.188. The Morgan fingerprint density at radius 2 is 1.78 bits per heavy atom. The highest BCUT2D eigenvalue weighted by atomic mass is 35.5. The molecule has 0 aliphatic heterocycles. The second-order valence-electron chi connectivity index (χ2n) is 5.15. The van der Waals surface area contributed by atoms with Crippen LogP contribution in [0.25, 0.3) is 10.2 Å². The lowest BCUT2D eigenvalue weighted by atomic mass is 10.3. The van der Waals surface area contributed by atoms with Gasteiger partial charge >= 0.3 is 0 Å². The van der Waals surface area contributed by atoms with Crippen LogP contribution in [0.1, 0.15) is 18.0 Å². The minimum atomic E-state index is -3.69. The van der Waals surface area contributed by atoms with E-state index < -0.39 is 10.0 Å². The zero-order chi connectivity index (χ0) is 16.6. The van der Waals surface area contributed by atoms with Crippen LogP contribution < -0.4 is 0 Å². The van der Waals surface area contributed by atoms with Gasteiger partial charge in [0, 0.05) is 7.05 Å². The highest BCUT2D eigenvalue weighted by molar-refractivity contribution is 7.89. The SMILES string of the molecule is C[C@H](c1nc2ccccc2s1)N(C)S(=O)(=O)c1ccccc1Cl. The highest BCUT2D eigenvalue weighted by Gasteiger charge is 2.29. The van der Waals surface area contributed by atoms with E-state index in [9.17, 15) is 8.42 Å². The third kappa shape index (κ3) is 2.99. The molecule has 1 atom stereocenters. The fourth-order valence-electron chi connectivity index (χ4n) is 2.24. The Morgan fingerprint density at radius 3 is 2.48 bits per heavy atom. The second kappa shape index (κ2) is 6.20. The lowest BCUT2D eigenvalue weighted by Gasteiger charge is -2.23. The molecule has 0 saturated carbocycles. The number of para-hydroxylation sites is 1. The zero-order valence-electron chi connectivity index (χ0n) is 12.6. The standard InChI is InChI=1S/C16H15ClN2O2S2/c1-11(16-18-13-8-4-5-9-14(13)22-16)19(2)23(20,21)15-10-6-3-7-12(15)17/h3-11H,1-2H3/t11-/m1/s1. The molecule has 3 rings (SSSR count). The van der Waals surface area contributed by atoms with Crippen molar-refractivity contribution in [2.75, 3.05) is 7.05 Å². The first-order valence-corrected chi connectivity index (χ1v) is 9.63. The van der Waals surface area contributed by atoms with Gasteiger partial charge in [0.15, 0.2) is 0 Å². The number of fused-ring (bicyclic) bond motifs is 1. The van der Waals surface area contributed by atoms with Gasteiger partial charge in [-0.05, 0) is 31.2 Å². The third-order valence-corrected chi connectivity index (χ3v) is 7.34. The van der Waals surface area contributed by atoms with E-state index in [1.165, 1.54) is 21.7 Å². The number of rotatable bonds is 4. The summed E-state index contributed by atoms with van der Waals surface area (Å²) in [5.74, 6) is 0. The van der Waals surface area contributed by atoms with Gasteiger partial charge in [-0.25, -0.2) is 13.4 Å². The summed E-state index contributed by atoms with van der Waals surface area (Å²) in [7, 11) is -2.14. The molecule has 0 N–H and O–H groups in total. The van der Waals surface area contributed by atoms with Gasteiger partial charge in [0.25, 0.3) is 0 Å². The van der Waals surface area contributed by atoms with Crippen LogP contribution in [0.2, 0.25) is 5.02 Å². The van der Waals surface area contributed by atoms with E-state index in [-0.39, 0.29) is 16.0 Å². The molecule has 0 fully saturated rings. The first-order valence-electron chi connectivity index (χ1n) is 6.99. The van der Waals surface area contributed by atoms with Crippen LogP contribution in [0.5, 0.6) is 0 Å². The van der Waals surface area contributed by atoms with Crippen molar-refractivity contribution in [3.05, 3.63) is 58.6 Å². The van der Waals surface area contributed by atoms with Gasteiger partial charge in [0.05, 0.1) is 21.3 Å². The van der Waals surface area contributed by atoms with Crippen molar-refractivity contribution in [1.82, 2.24) is 9.29 Å². The van der Waals surface area contributed by atoms with Crippen LogP contribution in [0.15, 0.2) is 53.4 Å². The molecule has 23 heavy (non-hydrogen) atoms. The smallest absolute Gasteiger partial charge is 0.239 e. The normalized spacial score (nSPS) is 13.6. The van der Waals surface area contributed by atoms with Crippen LogP contribution in [-0.2, 0) is 10.0 Å². The maximum absolute atomic E-state index is 12.8. The summed E-state index contributed by atoms with van der Waals surface area (Å²) in [6.45, 7) is 1.83. The van der Waals surface area contributed by atoms with Crippen molar-refractivity contribution in [2.24, 2.45) is 0 Å². The molecular weight excluding hydrogens is 352 g/mol. The molecule has 1 aromatic heterocycles. The number of aromatic nitrogens is 1. The predicted molar refractivity (Wildman–Crippen MR) is 94.4 cm³/mol. The predicted octanol–water partition coefficient (Wildman–Crippen LogP) is 4.33. The van der Waals surface area contributed by atoms with Crippen LogP contribution in [0.4, 0.5) is 0 Å². The second-order valence-corrected chi connectivity index (χ2v) is 8.58. The average molecular weight is 367 g/mol. The summed E-state index contributed by atoms with van der Waals surface area (Å²) in [6.07, 6.45) is 0. The summed E-state index contributed by atoms with van der Waals surface area (Å²) >= 11 is 7.55. The molecule has 0 saturated heterocycles. The maximum Gasteiger partial charge on any atom is 0.244 e. The topological polar surface area (TPSA) is 50.3 Å². The Morgan fingerprint density at radius 1 is 1.13 bits per heavy atom. The Kier molecular flexibility index (Phi) is 4.42. The molecule has 0 amide bonds. The molecule has 1 heterocycles. The van der Waals surface area contributed by atoms with Gasteiger partial charge in [0.2, 0.25) is 10.0 Å². The van der Waals surface area contributed by atoms with Crippen LogP contribution in [0.3, 0.4) is 0 Å². The molecular formula is C16H15ClN2O2S2. The van der Waals surface area contributed by atoms with Crippen molar-refractivity contribution in [3.63, 3.8) is 0 Å². The molecule has 3 aromatic rings. The quantitative estimate of drug-likeness (QED) is 0.690. The Labute approximate surface area is 144 Å². The summed E-state index contributed by atoms with van der Waals surface area (Å²) in [4.78, 5) is 4.65. The summed E-state index contributed by atoms with van der Waals surface area (Å²) in [6, 6.07) is 13.8. The number of benzene rings is 2. The van der Waals surface area contributed by atoms with Crippen LogP contribution >= 0.6 is 22.9 Å². The number of thiazole rings is 1. The van der Waals surface area contributed by atoms with Crippen molar-refractivity contribution < 1.29 is 8.42 Å². The minimum absolute atomic E-state index is 0.108. The monoisotopic (exact) mass is 366 g/mol. The summed E-state index contributed by atoms with van der Waals surface area (Å²) in [5, 5.41) is 0.972. The molecule has 0 radical (unpaired) electrons. The van der Waals surface area contributed by atoms with Gasteiger partial charge in [-0.15, -0.1) is 11.3 Å². The Hall–Kier alpha value is -1.47. The number of halogens is 1. The van der Waals surface area contributed by atoms with E-state index in [0.717, 1.165) is 15.2 Å². The van der Waals surface area contributed by atoms with E-state index in [2.05, 4.69) is 4.98 Å². The fourth-order valence-corrected chi connectivity index (χ4v) is 5.19. The highest BCUT2D eigenvalue weighted by Crippen LogP contribution is 2.33.